The molecule has 1 aliphatic rings. The molecule has 2 N–H and O–H groups in total. The summed E-state index contributed by atoms with van der Waals surface area (Å²) in [6, 6.07) is 3.51. The normalized spacial score (nSPS) is 15.7. The Bertz CT molecular complexity index is 447. The van der Waals surface area contributed by atoms with Crippen molar-refractivity contribution in [2.75, 3.05) is 51.3 Å². The summed E-state index contributed by atoms with van der Waals surface area (Å²) in [5, 5.41) is 6.06. The number of hydrogen-bond acceptors (Lipinski definition) is 5. The van der Waals surface area contributed by atoms with Crippen LogP contribution >= 0.6 is 0 Å². The number of carbonyl (C=O) groups is 1. The van der Waals surface area contributed by atoms with Gasteiger partial charge < -0.3 is 15.4 Å². The average molecular weight is 292 g/mol. The van der Waals surface area contributed by atoms with Gasteiger partial charge in [0.1, 0.15) is 5.82 Å². The molecule has 6 nitrogen and oxygen atoms in total. The molecule has 0 aromatic carbocycles. The van der Waals surface area contributed by atoms with Crippen molar-refractivity contribution in [2.24, 2.45) is 0 Å². The van der Waals surface area contributed by atoms with Crippen molar-refractivity contribution in [1.82, 2.24) is 15.2 Å². The van der Waals surface area contributed by atoms with Crippen LogP contribution in [0.4, 0.5) is 5.82 Å². The lowest BCUT2D eigenvalue weighted by atomic mass is 10.2. The Labute approximate surface area is 125 Å². The molecule has 0 spiro atoms. The molecule has 1 fully saturated rings. The van der Waals surface area contributed by atoms with Crippen molar-refractivity contribution < 1.29 is 9.53 Å². The zero-order valence-corrected chi connectivity index (χ0v) is 12.6. The van der Waals surface area contributed by atoms with Crippen LogP contribution in [0.25, 0.3) is 0 Å². The topological polar surface area (TPSA) is 66.5 Å². The molecular weight excluding hydrogens is 268 g/mol. The van der Waals surface area contributed by atoms with Crippen LogP contribution in [0, 0.1) is 0 Å². The van der Waals surface area contributed by atoms with Gasteiger partial charge in [-0.1, -0.05) is 0 Å². The summed E-state index contributed by atoms with van der Waals surface area (Å²) < 4.78 is 5.31. The summed E-state index contributed by atoms with van der Waals surface area (Å²) >= 11 is 0. The van der Waals surface area contributed by atoms with E-state index < -0.39 is 0 Å². The first-order valence-electron chi connectivity index (χ1n) is 7.58. The second-order valence-corrected chi connectivity index (χ2v) is 5.02. The minimum atomic E-state index is -0.0430. The van der Waals surface area contributed by atoms with Crippen molar-refractivity contribution in [1.29, 1.82) is 0 Å². The highest BCUT2D eigenvalue weighted by molar-refractivity contribution is 5.94. The van der Waals surface area contributed by atoms with Crippen LogP contribution in [0.1, 0.15) is 23.7 Å². The molecule has 0 atom stereocenters. The molecule has 2 heterocycles. The maximum absolute atomic E-state index is 12.1. The Morgan fingerprint density at radius 2 is 2.24 bits per heavy atom. The number of nitrogens with one attached hydrogen (secondary N) is 2. The number of pyridine rings is 1. The van der Waals surface area contributed by atoms with E-state index in [9.17, 15) is 4.79 Å². The maximum atomic E-state index is 12.1. The van der Waals surface area contributed by atoms with E-state index in [0.29, 0.717) is 12.1 Å². The molecule has 1 amide bonds. The van der Waals surface area contributed by atoms with E-state index in [0.717, 1.165) is 51.6 Å². The van der Waals surface area contributed by atoms with E-state index in [1.54, 1.807) is 18.3 Å². The van der Waals surface area contributed by atoms with Crippen molar-refractivity contribution in [3.8, 4) is 0 Å². The van der Waals surface area contributed by atoms with Crippen LogP contribution in [-0.4, -0.2) is 61.7 Å². The summed E-state index contributed by atoms with van der Waals surface area (Å²) in [6.45, 7) is 8.09. The highest BCUT2D eigenvalue weighted by Crippen LogP contribution is 2.06. The molecule has 1 aliphatic heterocycles. The molecule has 1 aromatic rings. The van der Waals surface area contributed by atoms with Crippen molar-refractivity contribution in [3.63, 3.8) is 0 Å². The van der Waals surface area contributed by atoms with E-state index in [-0.39, 0.29) is 5.91 Å². The molecule has 2 rings (SSSR count). The van der Waals surface area contributed by atoms with Gasteiger partial charge in [0.25, 0.3) is 5.91 Å². The van der Waals surface area contributed by atoms with E-state index in [2.05, 4.69) is 20.5 Å². The number of anilines is 1. The molecule has 0 bridgehead atoms. The van der Waals surface area contributed by atoms with Crippen LogP contribution in [0.5, 0.6) is 0 Å². The molecule has 1 aromatic heterocycles. The fourth-order valence-electron chi connectivity index (χ4n) is 2.28. The highest BCUT2D eigenvalue weighted by Gasteiger charge is 2.10. The number of nitrogens with zero attached hydrogens (tertiary/aromatic N) is 2. The van der Waals surface area contributed by atoms with Crippen molar-refractivity contribution >= 4 is 11.7 Å². The number of ether oxygens (including phenoxy) is 1. The zero-order chi connectivity index (χ0) is 14.9. The van der Waals surface area contributed by atoms with Crippen LogP contribution in [0.3, 0.4) is 0 Å². The summed E-state index contributed by atoms with van der Waals surface area (Å²) in [7, 11) is 0. The van der Waals surface area contributed by atoms with Gasteiger partial charge in [0.15, 0.2) is 0 Å². The van der Waals surface area contributed by atoms with Gasteiger partial charge in [-0.15, -0.1) is 0 Å². The average Bonchev–Trinajstić information content (AvgIpc) is 2.53. The summed E-state index contributed by atoms with van der Waals surface area (Å²) in [6.07, 6.45) is 2.61. The Balaban J connectivity index is 1.70. The van der Waals surface area contributed by atoms with Crippen LogP contribution in [-0.2, 0) is 4.74 Å². The van der Waals surface area contributed by atoms with Gasteiger partial charge in [-0.3, -0.25) is 9.69 Å². The van der Waals surface area contributed by atoms with Gasteiger partial charge in [-0.25, -0.2) is 4.98 Å². The molecular formula is C15H24N4O2. The number of rotatable bonds is 7. The molecule has 0 radical (unpaired) electrons. The first-order valence-corrected chi connectivity index (χ1v) is 7.58. The fourth-order valence-corrected chi connectivity index (χ4v) is 2.28. The minimum absolute atomic E-state index is 0.0430. The largest absolute Gasteiger partial charge is 0.379 e. The second-order valence-electron chi connectivity index (χ2n) is 5.02. The van der Waals surface area contributed by atoms with E-state index >= 15 is 0 Å². The Hall–Kier alpha value is -1.66. The monoisotopic (exact) mass is 292 g/mol. The van der Waals surface area contributed by atoms with E-state index in [4.69, 9.17) is 4.74 Å². The van der Waals surface area contributed by atoms with Gasteiger partial charge in [0, 0.05) is 37.9 Å². The van der Waals surface area contributed by atoms with E-state index in [1.807, 2.05) is 6.92 Å². The molecule has 1 saturated heterocycles. The van der Waals surface area contributed by atoms with Gasteiger partial charge in [-0.2, -0.15) is 0 Å². The molecule has 0 unspecified atom stereocenters. The first-order chi connectivity index (χ1) is 10.3. The Kier molecular flexibility index (Phi) is 6.43. The summed E-state index contributed by atoms with van der Waals surface area (Å²) in [4.78, 5) is 18.6. The third kappa shape index (κ3) is 5.32. The Morgan fingerprint density at radius 1 is 1.43 bits per heavy atom. The molecule has 116 valence electrons. The van der Waals surface area contributed by atoms with Gasteiger partial charge >= 0.3 is 0 Å². The third-order valence-corrected chi connectivity index (χ3v) is 3.42. The highest BCUT2D eigenvalue weighted by atomic mass is 16.5. The van der Waals surface area contributed by atoms with Crippen molar-refractivity contribution in [3.05, 3.63) is 23.9 Å². The number of carbonyl (C=O) groups excluding carboxylic acids is 1. The smallest absolute Gasteiger partial charge is 0.251 e. The summed E-state index contributed by atoms with van der Waals surface area (Å²) in [5.41, 5.74) is 0.646. The predicted octanol–water partition coefficient (Wildman–Crippen LogP) is 0.966. The number of hydrogen-bond donors (Lipinski definition) is 2. The minimum Gasteiger partial charge on any atom is -0.379 e. The lowest BCUT2D eigenvalue weighted by Gasteiger charge is -2.26. The lowest BCUT2D eigenvalue weighted by molar-refractivity contribution is 0.0374. The van der Waals surface area contributed by atoms with E-state index in [1.165, 1.54) is 0 Å². The standard InChI is InChI=1S/C15H24N4O2/c1-2-16-14-12-13(4-6-17-14)15(20)18-5-3-7-19-8-10-21-11-9-19/h4,6,12H,2-3,5,7-11H2,1H3,(H,16,17)(H,18,20). The molecule has 0 aliphatic carbocycles. The predicted molar refractivity (Wildman–Crippen MR) is 82.6 cm³/mol. The number of morpholine rings is 1. The summed E-state index contributed by atoms with van der Waals surface area (Å²) in [5.74, 6) is 0.692. The first kappa shape index (κ1) is 15.7. The molecule has 0 saturated carbocycles. The lowest BCUT2D eigenvalue weighted by Crippen LogP contribution is -2.38. The Morgan fingerprint density at radius 3 is 3.00 bits per heavy atom. The van der Waals surface area contributed by atoms with Crippen LogP contribution in [0.15, 0.2) is 18.3 Å². The zero-order valence-electron chi connectivity index (χ0n) is 12.6. The van der Waals surface area contributed by atoms with Crippen LogP contribution in [0.2, 0.25) is 0 Å². The number of aromatic nitrogens is 1. The van der Waals surface area contributed by atoms with Gasteiger partial charge in [0.2, 0.25) is 0 Å². The SMILES string of the molecule is CCNc1cc(C(=O)NCCCN2CCOCC2)ccn1. The number of amides is 1. The maximum Gasteiger partial charge on any atom is 0.251 e. The van der Waals surface area contributed by atoms with Crippen molar-refractivity contribution in [2.45, 2.75) is 13.3 Å². The quantitative estimate of drug-likeness (QED) is 0.733. The molecule has 6 heteroatoms. The second kappa shape index (κ2) is 8.59. The van der Waals surface area contributed by atoms with Gasteiger partial charge in [-0.05, 0) is 32.0 Å². The van der Waals surface area contributed by atoms with Gasteiger partial charge in [0.05, 0.1) is 13.2 Å². The van der Waals surface area contributed by atoms with Crippen LogP contribution < -0.4 is 10.6 Å². The fraction of sp³-hybridized carbons (Fsp3) is 0.600. The third-order valence-electron chi connectivity index (χ3n) is 3.42. The molecule has 21 heavy (non-hydrogen) atoms.